The van der Waals surface area contributed by atoms with Gasteiger partial charge >= 0.3 is 5.63 Å². The van der Waals surface area contributed by atoms with E-state index in [4.69, 9.17) is 24.7 Å². The fourth-order valence-corrected chi connectivity index (χ4v) is 5.68. The van der Waals surface area contributed by atoms with E-state index in [9.17, 15) is 9.59 Å². The van der Waals surface area contributed by atoms with Gasteiger partial charge in [0.1, 0.15) is 47.3 Å². The smallest absolute Gasteiger partial charge is 0.336 e. The van der Waals surface area contributed by atoms with Gasteiger partial charge in [-0.3, -0.25) is 4.79 Å². The molecule has 1 unspecified atom stereocenters. The van der Waals surface area contributed by atoms with Crippen LogP contribution in [-0.4, -0.2) is 50.3 Å². The number of nitrogens with zero attached hydrogens (tertiary/aromatic N) is 5. The summed E-state index contributed by atoms with van der Waals surface area (Å²) in [6.07, 6.45) is 3.01. The van der Waals surface area contributed by atoms with E-state index in [1.807, 2.05) is 59.3 Å². The maximum atomic E-state index is 13.5. The summed E-state index contributed by atoms with van der Waals surface area (Å²) in [6.45, 7) is 4.99. The molecule has 230 valence electrons. The Labute approximate surface area is 263 Å². The van der Waals surface area contributed by atoms with Gasteiger partial charge in [-0.15, -0.1) is 0 Å². The van der Waals surface area contributed by atoms with Crippen molar-refractivity contribution in [1.82, 2.24) is 24.6 Å². The molecule has 1 amide bonds. The van der Waals surface area contributed by atoms with Crippen LogP contribution in [0.5, 0.6) is 17.2 Å². The van der Waals surface area contributed by atoms with Crippen molar-refractivity contribution in [2.24, 2.45) is 0 Å². The molecule has 7 rings (SSSR count). The number of amides is 1. The van der Waals surface area contributed by atoms with Crippen LogP contribution in [0, 0.1) is 0 Å². The first-order valence-corrected chi connectivity index (χ1v) is 14.9. The first-order chi connectivity index (χ1) is 22.4. The number of hydrogen-bond donors (Lipinski definition) is 1. The van der Waals surface area contributed by atoms with E-state index in [0.29, 0.717) is 58.3 Å². The van der Waals surface area contributed by atoms with E-state index in [1.165, 1.54) is 12.4 Å². The lowest BCUT2D eigenvalue weighted by Gasteiger charge is -2.33. The van der Waals surface area contributed by atoms with E-state index in [-0.39, 0.29) is 18.6 Å². The maximum Gasteiger partial charge on any atom is 0.336 e. The number of piperidine rings is 1. The average molecular weight is 615 g/mol. The van der Waals surface area contributed by atoms with Crippen molar-refractivity contribution in [3.8, 4) is 28.5 Å². The number of nitrogens with two attached hydrogens (primary N) is 1. The number of aromatic nitrogens is 4. The molecule has 11 heteroatoms. The van der Waals surface area contributed by atoms with E-state index in [2.05, 4.69) is 16.5 Å². The third-order valence-electron chi connectivity index (χ3n) is 7.96. The highest BCUT2D eigenvalue weighted by Crippen LogP contribution is 2.35. The van der Waals surface area contributed by atoms with Crippen molar-refractivity contribution in [3.05, 3.63) is 114 Å². The minimum Gasteiger partial charge on any atom is -0.489 e. The van der Waals surface area contributed by atoms with Crippen molar-refractivity contribution in [2.45, 2.75) is 18.9 Å². The molecule has 0 radical (unpaired) electrons. The van der Waals surface area contributed by atoms with Gasteiger partial charge in [-0.2, -0.15) is 5.10 Å². The van der Waals surface area contributed by atoms with E-state index < -0.39 is 5.63 Å². The van der Waals surface area contributed by atoms with Crippen LogP contribution in [0.1, 0.15) is 18.9 Å². The van der Waals surface area contributed by atoms with Crippen LogP contribution in [0.4, 0.5) is 5.82 Å². The molecule has 3 aromatic carbocycles. The number of ether oxygens (including phenoxy) is 2. The third kappa shape index (κ3) is 5.77. The summed E-state index contributed by atoms with van der Waals surface area (Å²) in [7, 11) is 0. The maximum absolute atomic E-state index is 13.5. The van der Waals surface area contributed by atoms with Crippen molar-refractivity contribution in [2.75, 3.05) is 25.4 Å². The van der Waals surface area contributed by atoms with Crippen LogP contribution < -0.4 is 20.8 Å². The molecule has 1 aliphatic rings. The van der Waals surface area contributed by atoms with Crippen molar-refractivity contribution < 1.29 is 18.7 Å². The van der Waals surface area contributed by atoms with Crippen LogP contribution in [0.3, 0.4) is 0 Å². The van der Waals surface area contributed by atoms with Crippen LogP contribution in [0.15, 0.2) is 113 Å². The Morgan fingerprint density at radius 1 is 0.978 bits per heavy atom. The molecule has 1 aliphatic heterocycles. The number of carbonyl (C=O) groups is 1. The van der Waals surface area contributed by atoms with E-state index >= 15 is 0 Å². The highest BCUT2D eigenvalue weighted by Gasteiger charge is 2.29. The Bertz CT molecular complexity index is 2120. The second kappa shape index (κ2) is 12.2. The van der Waals surface area contributed by atoms with Gasteiger partial charge in [0.05, 0.1) is 11.4 Å². The molecule has 2 N–H and O–H groups in total. The zero-order valence-corrected chi connectivity index (χ0v) is 24.8. The van der Waals surface area contributed by atoms with Crippen molar-refractivity contribution in [3.63, 3.8) is 0 Å². The van der Waals surface area contributed by atoms with Gasteiger partial charge in [-0.05, 0) is 67.4 Å². The molecule has 1 atom stereocenters. The third-order valence-corrected chi connectivity index (χ3v) is 7.96. The molecule has 1 fully saturated rings. The molecule has 46 heavy (non-hydrogen) atoms. The number of hydrogen-bond acceptors (Lipinski definition) is 9. The quantitative estimate of drug-likeness (QED) is 0.167. The standard InChI is InChI=1S/C35H30N6O5/c1-22(20-44-28-15-9-23-12-16-30(42)46-29(23)18-28)35(43)40-17-5-6-25(19-40)41-34-31(33(36)37-21-38-34)32(39-41)24-10-13-27(14-11-24)45-26-7-3-2-4-8-26/h2-4,7-16,18,21,25H,1,5-6,17,19-20H2,(H2,36,37,38). The molecule has 0 saturated carbocycles. The Balaban J connectivity index is 1.08. The minimum absolute atomic E-state index is 0.00877. The monoisotopic (exact) mass is 614 g/mol. The van der Waals surface area contributed by atoms with Crippen LogP contribution in [0.25, 0.3) is 33.3 Å². The molecule has 0 bridgehead atoms. The average Bonchev–Trinajstić information content (AvgIpc) is 3.48. The Hall–Kier alpha value is -5.97. The molecule has 0 aliphatic carbocycles. The number of para-hydroxylation sites is 1. The van der Waals surface area contributed by atoms with Crippen LogP contribution in [-0.2, 0) is 4.79 Å². The number of likely N-dealkylation sites (tertiary alicyclic amines) is 1. The normalized spacial score (nSPS) is 14.8. The Kier molecular flexibility index (Phi) is 7.63. The number of rotatable bonds is 8. The number of nitrogen functional groups attached to an aromatic ring is 1. The predicted octanol–water partition coefficient (Wildman–Crippen LogP) is 5.77. The van der Waals surface area contributed by atoms with Gasteiger partial charge in [-0.25, -0.2) is 19.4 Å². The molecular weight excluding hydrogens is 584 g/mol. The zero-order valence-electron chi connectivity index (χ0n) is 24.8. The predicted molar refractivity (Wildman–Crippen MR) is 174 cm³/mol. The lowest BCUT2D eigenvalue weighted by molar-refractivity contribution is -0.129. The SMILES string of the molecule is C=C(COc1ccc2ccc(=O)oc2c1)C(=O)N1CCCC(n2nc(-c3ccc(Oc4ccccc4)cc3)c3c(N)ncnc32)C1. The van der Waals surface area contributed by atoms with E-state index in [0.717, 1.165) is 29.5 Å². The minimum atomic E-state index is -0.443. The summed E-state index contributed by atoms with van der Waals surface area (Å²) >= 11 is 0. The Morgan fingerprint density at radius 2 is 1.74 bits per heavy atom. The molecule has 11 nitrogen and oxygen atoms in total. The highest BCUT2D eigenvalue weighted by atomic mass is 16.5. The van der Waals surface area contributed by atoms with Gasteiger partial charge in [0, 0.05) is 41.7 Å². The fourth-order valence-electron chi connectivity index (χ4n) is 5.68. The molecule has 3 aromatic heterocycles. The second-order valence-electron chi connectivity index (χ2n) is 11.1. The lowest BCUT2D eigenvalue weighted by Crippen LogP contribution is -2.42. The fraction of sp³-hybridized carbons (Fsp3) is 0.171. The van der Waals surface area contributed by atoms with Gasteiger partial charge < -0.3 is 24.5 Å². The summed E-state index contributed by atoms with van der Waals surface area (Å²) in [5.74, 6) is 2.05. The summed E-state index contributed by atoms with van der Waals surface area (Å²) < 4.78 is 18.9. The zero-order chi connectivity index (χ0) is 31.6. The van der Waals surface area contributed by atoms with Gasteiger partial charge in [0.15, 0.2) is 5.65 Å². The first kappa shape index (κ1) is 28.8. The van der Waals surface area contributed by atoms with Gasteiger partial charge in [0.2, 0.25) is 0 Å². The second-order valence-corrected chi connectivity index (χ2v) is 11.1. The molecule has 1 saturated heterocycles. The molecule has 6 aromatic rings. The van der Waals surface area contributed by atoms with Crippen molar-refractivity contribution >= 4 is 33.7 Å². The van der Waals surface area contributed by atoms with Gasteiger partial charge in [-0.1, -0.05) is 24.8 Å². The number of anilines is 1. The van der Waals surface area contributed by atoms with Gasteiger partial charge in [0.25, 0.3) is 5.91 Å². The van der Waals surface area contributed by atoms with Crippen molar-refractivity contribution in [1.29, 1.82) is 0 Å². The molecular formula is C35H30N6O5. The Morgan fingerprint density at radius 3 is 2.57 bits per heavy atom. The van der Waals surface area contributed by atoms with E-state index in [1.54, 1.807) is 29.2 Å². The topological polar surface area (TPSA) is 139 Å². The number of carbonyl (C=O) groups excluding carboxylic acids is 1. The lowest BCUT2D eigenvalue weighted by atomic mass is 10.0. The van der Waals surface area contributed by atoms with Crippen LogP contribution in [0.2, 0.25) is 0 Å². The largest absolute Gasteiger partial charge is 0.489 e. The number of benzene rings is 3. The molecule has 4 heterocycles. The summed E-state index contributed by atoms with van der Waals surface area (Å²) in [4.78, 5) is 35.6. The first-order valence-electron chi connectivity index (χ1n) is 14.9. The highest BCUT2D eigenvalue weighted by molar-refractivity contribution is 5.98. The number of fused-ring (bicyclic) bond motifs is 2. The summed E-state index contributed by atoms with van der Waals surface area (Å²) in [6, 6.07) is 25.3. The molecule has 0 spiro atoms. The summed E-state index contributed by atoms with van der Waals surface area (Å²) in [5.41, 5.74) is 8.75. The van der Waals surface area contributed by atoms with Crippen LogP contribution >= 0.6 is 0 Å². The summed E-state index contributed by atoms with van der Waals surface area (Å²) in [5, 5.41) is 6.41.